The number of ether oxygens (including phenoxy) is 1. The second kappa shape index (κ2) is 7.10. The average Bonchev–Trinajstić information content (AvgIpc) is 3.15. The lowest BCUT2D eigenvalue weighted by atomic mass is 10.1. The first-order chi connectivity index (χ1) is 11.2. The van der Waals surface area contributed by atoms with Gasteiger partial charge in [-0.05, 0) is 19.1 Å². The summed E-state index contributed by atoms with van der Waals surface area (Å²) in [6.07, 6.45) is 1.77. The van der Waals surface area contributed by atoms with Crippen LogP contribution < -0.4 is 4.90 Å². The van der Waals surface area contributed by atoms with Crippen molar-refractivity contribution in [1.29, 1.82) is 0 Å². The van der Waals surface area contributed by atoms with Gasteiger partial charge in [-0.15, -0.1) is 11.3 Å². The SMILES string of the molecule is CC(c1nccs1)N(C)C(=O)c1ccccc1N1CCOCC1. The normalized spacial score (nSPS) is 16.2. The lowest BCUT2D eigenvalue weighted by Crippen LogP contribution is -2.38. The molecule has 1 aliphatic rings. The molecule has 1 saturated heterocycles. The molecule has 0 spiro atoms. The number of hydrogen-bond acceptors (Lipinski definition) is 5. The number of morpholine rings is 1. The molecular formula is C17H21N3O2S. The highest BCUT2D eigenvalue weighted by molar-refractivity contribution is 7.09. The van der Waals surface area contributed by atoms with Crippen LogP contribution in [0.3, 0.4) is 0 Å². The van der Waals surface area contributed by atoms with Crippen LogP contribution in [-0.4, -0.2) is 49.1 Å². The van der Waals surface area contributed by atoms with Gasteiger partial charge in [-0.1, -0.05) is 12.1 Å². The number of para-hydroxylation sites is 1. The molecule has 3 rings (SSSR count). The molecule has 1 atom stereocenters. The van der Waals surface area contributed by atoms with Gasteiger partial charge >= 0.3 is 0 Å². The number of thiazole rings is 1. The summed E-state index contributed by atoms with van der Waals surface area (Å²) in [6, 6.07) is 7.77. The third-order valence-corrected chi connectivity index (χ3v) is 5.14. The van der Waals surface area contributed by atoms with E-state index in [0.717, 1.165) is 29.3 Å². The number of nitrogens with zero attached hydrogens (tertiary/aromatic N) is 3. The molecule has 6 heteroatoms. The van der Waals surface area contributed by atoms with E-state index in [1.54, 1.807) is 22.4 Å². The number of carbonyl (C=O) groups excluding carboxylic acids is 1. The van der Waals surface area contributed by atoms with E-state index < -0.39 is 0 Å². The Labute approximate surface area is 140 Å². The van der Waals surface area contributed by atoms with Gasteiger partial charge in [0.2, 0.25) is 0 Å². The number of amides is 1. The summed E-state index contributed by atoms with van der Waals surface area (Å²) >= 11 is 1.57. The Kier molecular flexibility index (Phi) is 4.93. The van der Waals surface area contributed by atoms with Crippen molar-refractivity contribution in [3.63, 3.8) is 0 Å². The topological polar surface area (TPSA) is 45.7 Å². The minimum absolute atomic E-state index is 0.0230. The second-order valence-electron chi connectivity index (χ2n) is 5.58. The van der Waals surface area contributed by atoms with Crippen LogP contribution in [0, 0.1) is 0 Å². The van der Waals surface area contributed by atoms with Gasteiger partial charge < -0.3 is 14.5 Å². The van der Waals surface area contributed by atoms with Crippen molar-refractivity contribution in [3.05, 3.63) is 46.4 Å². The summed E-state index contributed by atoms with van der Waals surface area (Å²) < 4.78 is 5.41. The Morgan fingerprint density at radius 3 is 2.78 bits per heavy atom. The van der Waals surface area contributed by atoms with Crippen molar-refractivity contribution >= 4 is 22.9 Å². The zero-order chi connectivity index (χ0) is 16.2. The molecule has 1 fully saturated rings. The zero-order valence-electron chi connectivity index (χ0n) is 13.4. The van der Waals surface area contributed by atoms with Gasteiger partial charge in [-0.3, -0.25) is 4.79 Å². The maximum absolute atomic E-state index is 13.0. The lowest BCUT2D eigenvalue weighted by molar-refractivity contribution is 0.0742. The Morgan fingerprint density at radius 1 is 1.35 bits per heavy atom. The largest absolute Gasteiger partial charge is 0.378 e. The summed E-state index contributed by atoms with van der Waals surface area (Å²) in [5, 5.41) is 2.89. The van der Waals surface area contributed by atoms with E-state index in [0.29, 0.717) is 13.2 Å². The average molecular weight is 331 g/mol. The minimum atomic E-state index is -0.0414. The fourth-order valence-corrected chi connectivity index (χ4v) is 3.44. The molecule has 0 radical (unpaired) electrons. The fourth-order valence-electron chi connectivity index (χ4n) is 2.71. The Balaban J connectivity index is 1.84. The van der Waals surface area contributed by atoms with Crippen LogP contribution in [0.15, 0.2) is 35.8 Å². The molecule has 122 valence electrons. The van der Waals surface area contributed by atoms with Gasteiger partial charge in [0.05, 0.1) is 24.8 Å². The molecule has 23 heavy (non-hydrogen) atoms. The first-order valence-corrected chi connectivity index (χ1v) is 8.64. The number of rotatable bonds is 4. The molecule has 0 aliphatic carbocycles. The summed E-state index contributed by atoms with van der Waals surface area (Å²) in [4.78, 5) is 21.3. The van der Waals surface area contributed by atoms with Crippen molar-refractivity contribution in [2.75, 3.05) is 38.3 Å². The van der Waals surface area contributed by atoms with Crippen LogP contribution in [0.4, 0.5) is 5.69 Å². The van der Waals surface area contributed by atoms with E-state index in [1.165, 1.54) is 0 Å². The van der Waals surface area contributed by atoms with Crippen molar-refractivity contribution in [1.82, 2.24) is 9.88 Å². The molecule has 0 bridgehead atoms. The Bertz CT molecular complexity index is 654. The summed E-state index contributed by atoms with van der Waals surface area (Å²) in [6.45, 7) is 5.04. The van der Waals surface area contributed by atoms with Crippen molar-refractivity contribution in [2.45, 2.75) is 13.0 Å². The van der Waals surface area contributed by atoms with Crippen molar-refractivity contribution < 1.29 is 9.53 Å². The third kappa shape index (κ3) is 3.38. The van der Waals surface area contributed by atoms with E-state index in [1.807, 2.05) is 43.6 Å². The quantitative estimate of drug-likeness (QED) is 0.864. The lowest BCUT2D eigenvalue weighted by Gasteiger charge is -2.31. The van der Waals surface area contributed by atoms with Gasteiger partial charge in [-0.25, -0.2) is 4.98 Å². The predicted octanol–water partition coefficient (Wildman–Crippen LogP) is 2.81. The summed E-state index contributed by atoms with van der Waals surface area (Å²) in [7, 11) is 1.84. The van der Waals surface area contributed by atoms with Gasteiger partial charge in [-0.2, -0.15) is 0 Å². The highest BCUT2D eigenvalue weighted by Gasteiger charge is 2.24. The molecule has 0 N–H and O–H groups in total. The molecule has 2 aromatic rings. The van der Waals surface area contributed by atoms with Gasteiger partial charge in [0, 0.05) is 37.4 Å². The monoisotopic (exact) mass is 331 g/mol. The molecule has 1 aromatic carbocycles. The predicted molar refractivity (Wildman–Crippen MR) is 92.1 cm³/mol. The Morgan fingerprint density at radius 2 is 2.09 bits per heavy atom. The van der Waals surface area contributed by atoms with Crippen LogP contribution in [0.1, 0.15) is 28.3 Å². The maximum atomic E-state index is 13.0. The van der Waals surface area contributed by atoms with Crippen LogP contribution in [0.25, 0.3) is 0 Å². The van der Waals surface area contributed by atoms with Crippen LogP contribution in [-0.2, 0) is 4.74 Å². The summed E-state index contributed by atoms with van der Waals surface area (Å²) in [5.41, 5.74) is 1.72. The molecule has 2 heterocycles. The molecule has 1 amide bonds. The smallest absolute Gasteiger partial charge is 0.256 e. The Hall–Kier alpha value is -1.92. The molecule has 1 unspecified atom stereocenters. The second-order valence-corrected chi connectivity index (χ2v) is 6.51. The van der Waals surface area contributed by atoms with Crippen molar-refractivity contribution in [3.8, 4) is 0 Å². The van der Waals surface area contributed by atoms with E-state index in [2.05, 4.69) is 9.88 Å². The highest BCUT2D eigenvalue weighted by atomic mass is 32.1. The van der Waals surface area contributed by atoms with Crippen molar-refractivity contribution in [2.24, 2.45) is 0 Å². The summed E-state index contributed by atoms with van der Waals surface area (Å²) in [5.74, 6) is 0.0230. The zero-order valence-corrected chi connectivity index (χ0v) is 14.3. The van der Waals surface area contributed by atoms with Crippen LogP contribution in [0.5, 0.6) is 0 Å². The van der Waals surface area contributed by atoms with Crippen LogP contribution >= 0.6 is 11.3 Å². The standard InChI is InChI=1S/C17H21N3O2S/c1-13(16-18-7-12-23-16)19(2)17(21)14-5-3-4-6-15(14)20-8-10-22-11-9-20/h3-7,12-13H,8-11H2,1-2H3. The maximum Gasteiger partial charge on any atom is 0.256 e. The molecule has 5 nitrogen and oxygen atoms in total. The molecule has 0 saturated carbocycles. The molecular weight excluding hydrogens is 310 g/mol. The first kappa shape index (κ1) is 16.0. The van der Waals surface area contributed by atoms with Gasteiger partial charge in [0.25, 0.3) is 5.91 Å². The van der Waals surface area contributed by atoms with E-state index in [9.17, 15) is 4.79 Å². The number of carbonyl (C=O) groups is 1. The van der Waals surface area contributed by atoms with Gasteiger partial charge in [0.15, 0.2) is 0 Å². The third-order valence-electron chi connectivity index (χ3n) is 4.20. The number of hydrogen-bond donors (Lipinski definition) is 0. The number of anilines is 1. The van der Waals surface area contributed by atoms with Gasteiger partial charge in [0.1, 0.15) is 5.01 Å². The molecule has 1 aromatic heterocycles. The van der Waals surface area contributed by atoms with E-state index >= 15 is 0 Å². The highest BCUT2D eigenvalue weighted by Crippen LogP contribution is 2.27. The van der Waals surface area contributed by atoms with E-state index in [4.69, 9.17) is 4.74 Å². The first-order valence-electron chi connectivity index (χ1n) is 7.76. The van der Waals surface area contributed by atoms with Crippen LogP contribution in [0.2, 0.25) is 0 Å². The van der Waals surface area contributed by atoms with E-state index in [-0.39, 0.29) is 11.9 Å². The fraction of sp³-hybridized carbons (Fsp3) is 0.412. The number of aromatic nitrogens is 1. The number of benzene rings is 1. The minimum Gasteiger partial charge on any atom is -0.378 e. The molecule has 1 aliphatic heterocycles.